The maximum absolute atomic E-state index is 13.1. The molecule has 0 radical (unpaired) electrons. The van der Waals surface area contributed by atoms with E-state index in [1.165, 1.54) is 19.3 Å². The molecule has 0 spiro atoms. The summed E-state index contributed by atoms with van der Waals surface area (Å²) in [5.41, 5.74) is 3.34. The van der Waals surface area contributed by atoms with Crippen molar-refractivity contribution in [2.45, 2.75) is 62.3 Å². The van der Waals surface area contributed by atoms with E-state index in [1.54, 1.807) is 0 Å². The molecule has 1 saturated heterocycles. The fourth-order valence-corrected chi connectivity index (χ4v) is 9.32. The Hall–Kier alpha value is -4.51. The summed E-state index contributed by atoms with van der Waals surface area (Å²) in [6, 6.07) is 20.6. The summed E-state index contributed by atoms with van der Waals surface area (Å²) in [7, 11) is 1.94. The summed E-state index contributed by atoms with van der Waals surface area (Å²) < 4.78 is 14.2. The zero-order valence-electron chi connectivity index (χ0n) is 26.2. The van der Waals surface area contributed by atoms with Gasteiger partial charge in [0.25, 0.3) is 5.24 Å². The number of imide groups is 1. The predicted molar refractivity (Wildman–Crippen MR) is 180 cm³/mol. The van der Waals surface area contributed by atoms with Crippen LogP contribution in [0.1, 0.15) is 49.9 Å². The molecule has 9 rings (SSSR count). The summed E-state index contributed by atoms with van der Waals surface area (Å²) >= 11 is 1.03. The third-order valence-electron chi connectivity index (χ3n) is 10.2. The van der Waals surface area contributed by atoms with Crippen molar-refractivity contribution in [3.05, 3.63) is 78.1 Å². The molecular formula is C36H37N5O5S. The highest BCUT2D eigenvalue weighted by Gasteiger charge is 2.51. The molecule has 10 nitrogen and oxygen atoms in total. The molecule has 47 heavy (non-hydrogen) atoms. The number of aryl methyl sites for hydroxylation is 1. The number of thioether (sulfide) groups is 1. The average molecular weight is 652 g/mol. The second-order valence-electron chi connectivity index (χ2n) is 13.7. The lowest BCUT2D eigenvalue weighted by Crippen LogP contribution is -2.60. The van der Waals surface area contributed by atoms with Crippen molar-refractivity contribution >= 4 is 45.7 Å². The highest BCUT2D eigenvalue weighted by atomic mass is 32.2. The molecule has 1 unspecified atom stereocenters. The van der Waals surface area contributed by atoms with Gasteiger partial charge in [0.1, 0.15) is 29.7 Å². The molecule has 1 aliphatic heterocycles. The van der Waals surface area contributed by atoms with Gasteiger partial charge in [-0.25, -0.2) is 9.78 Å². The molecular weight excluding hydrogens is 614 g/mol. The summed E-state index contributed by atoms with van der Waals surface area (Å²) in [5, 5.41) is 8.05. The topological polar surface area (TPSA) is 124 Å². The summed E-state index contributed by atoms with van der Waals surface area (Å²) in [5.74, 6) is 4.80. The Kier molecular flexibility index (Phi) is 7.58. The van der Waals surface area contributed by atoms with E-state index >= 15 is 0 Å². The third-order valence-corrected chi connectivity index (χ3v) is 11.2. The number of fused-ring (bicyclic) bond motifs is 1. The summed E-state index contributed by atoms with van der Waals surface area (Å²) in [6.07, 6.45) is 7.83. The molecule has 4 bridgehead atoms. The van der Waals surface area contributed by atoms with Gasteiger partial charge in [0.15, 0.2) is 0 Å². The van der Waals surface area contributed by atoms with Crippen molar-refractivity contribution in [2.75, 3.05) is 5.32 Å². The van der Waals surface area contributed by atoms with Gasteiger partial charge in [-0.3, -0.25) is 14.9 Å². The quantitative estimate of drug-likeness (QED) is 0.179. The van der Waals surface area contributed by atoms with Gasteiger partial charge in [-0.15, -0.1) is 0 Å². The Morgan fingerprint density at radius 1 is 0.957 bits per heavy atom. The fraction of sp³-hybridized carbons (Fsp3) is 0.389. The van der Waals surface area contributed by atoms with Crippen LogP contribution >= 0.6 is 11.8 Å². The molecule has 4 saturated carbocycles. The van der Waals surface area contributed by atoms with Crippen LogP contribution in [0.15, 0.2) is 66.7 Å². The van der Waals surface area contributed by atoms with Gasteiger partial charge in [0.2, 0.25) is 5.91 Å². The molecule has 1 aromatic heterocycles. The SMILES string of the molecule is Cn1c(COc2ccc(CC3SC(=O)NC3=O)cc2)nc2ccc(Oc3cccc(NC(=O)NC45CC6CC(CC(C6)C4)C5)c3)cc21. The van der Waals surface area contributed by atoms with Crippen LogP contribution in [0.25, 0.3) is 11.0 Å². The van der Waals surface area contributed by atoms with Gasteiger partial charge in [-0.05, 0) is 105 Å². The van der Waals surface area contributed by atoms with Gasteiger partial charge in [0, 0.05) is 30.4 Å². The van der Waals surface area contributed by atoms with Gasteiger partial charge >= 0.3 is 6.03 Å². The molecule has 5 fully saturated rings. The first-order valence-corrected chi connectivity index (χ1v) is 17.2. The second kappa shape index (κ2) is 11.9. The number of carbonyl (C=O) groups excluding carboxylic acids is 3. The lowest BCUT2D eigenvalue weighted by molar-refractivity contribution is -0.118. The molecule has 3 aromatic carbocycles. The smallest absolute Gasteiger partial charge is 0.319 e. The van der Waals surface area contributed by atoms with Crippen LogP contribution in [-0.2, 0) is 24.9 Å². The lowest BCUT2D eigenvalue weighted by Gasteiger charge is -2.56. The van der Waals surface area contributed by atoms with E-state index in [9.17, 15) is 14.4 Å². The van der Waals surface area contributed by atoms with Crippen molar-refractivity contribution in [3.8, 4) is 17.2 Å². The molecule has 1 atom stereocenters. The number of nitrogens with one attached hydrogen (secondary N) is 3. The van der Waals surface area contributed by atoms with E-state index in [0.717, 1.165) is 71.2 Å². The van der Waals surface area contributed by atoms with Gasteiger partial charge < -0.3 is 24.7 Å². The van der Waals surface area contributed by atoms with Gasteiger partial charge in [-0.2, -0.15) is 0 Å². The highest BCUT2D eigenvalue weighted by molar-refractivity contribution is 8.15. The Morgan fingerprint density at radius 2 is 1.66 bits per heavy atom. The van der Waals surface area contributed by atoms with Crippen molar-refractivity contribution in [2.24, 2.45) is 24.8 Å². The number of imidazole rings is 1. The number of anilines is 1. The highest BCUT2D eigenvalue weighted by Crippen LogP contribution is 2.55. The van der Waals surface area contributed by atoms with Crippen LogP contribution in [0.4, 0.5) is 15.3 Å². The molecule has 3 N–H and O–H groups in total. The number of nitrogens with zero attached hydrogens (tertiary/aromatic N) is 2. The Bertz CT molecular complexity index is 1840. The van der Waals surface area contributed by atoms with E-state index in [-0.39, 0.29) is 29.3 Å². The summed E-state index contributed by atoms with van der Waals surface area (Å²) in [6.45, 7) is 0.273. The Balaban J connectivity index is 0.882. The first-order valence-electron chi connectivity index (χ1n) is 16.3. The number of rotatable bonds is 9. The van der Waals surface area contributed by atoms with Crippen LogP contribution in [0, 0.1) is 17.8 Å². The van der Waals surface area contributed by atoms with E-state index < -0.39 is 5.25 Å². The average Bonchev–Trinajstić information content (AvgIpc) is 3.51. The van der Waals surface area contributed by atoms with E-state index in [1.807, 2.05) is 78.3 Å². The van der Waals surface area contributed by atoms with E-state index in [4.69, 9.17) is 14.5 Å². The fourth-order valence-electron chi connectivity index (χ4n) is 8.46. The number of urea groups is 1. The minimum Gasteiger partial charge on any atom is -0.486 e. The number of aromatic nitrogens is 2. The maximum atomic E-state index is 13.1. The summed E-state index contributed by atoms with van der Waals surface area (Å²) in [4.78, 5) is 41.1. The van der Waals surface area contributed by atoms with Crippen molar-refractivity contribution < 1.29 is 23.9 Å². The number of carbonyl (C=O) groups is 3. The number of ether oxygens (including phenoxy) is 2. The van der Waals surface area contributed by atoms with Crippen molar-refractivity contribution in [1.29, 1.82) is 0 Å². The zero-order valence-corrected chi connectivity index (χ0v) is 27.0. The Labute approximate surface area is 277 Å². The monoisotopic (exact) mass is 651 g/mol. The lowest BCUT2D eigenvalue weighted by atomic mass is 9.53. The molecule has 2 heterocycles. The zero-order chi connectivity index (χ0) is 32.1. The molecule has 11 heteroatoms. The first-order chi connectivity index (χ1) is 22.8. The number of hydrogen-bond acceptors (Lipinski definition) is 7. The van der Waals surface area contributed by atoms with Crippen molar-refractivity contribution in [3.63, 3.8) is 0 Å². The van der Waals surface area contributed by atoms with Crippen LogP contribution in [0.2, 0.25) is 0 Å². The second-order valence-corrected chi connectivity index (χ2v) is 14.8. The van der Waals surface area contributed by atoms with Crippen LogP contribution in [0.3, 0.4) is 0 Å². The molecule has 4 aromatic rings. The molecule has 242 valence electrons. The van der Waals surface area contributed by atoms with E-state index in [2.05, 4.69) is 16.0 Å². The Morgan fingerprint density at radius 3 is 2.36 bits per heavy atom. The third kappa shape index (κ3) is 6.28. The van der Waals surface area contributed by atoms with Crippen LogP contribution in [-0.4, -0.2) is 37.5 Å². The largest absolute Gasteiger partial charge is 0.486 e. The van der Waals surface area contributed by atoms with Crippen LogP contribution in [0.5, 0.6) is 17.2 Å². The van der Waals surface area contributed by atoms with Gasteiger partial charge in [0.05, 0.1) is 16.3 Å². The molecule has 4 amide bonds. The number of hydrogen-bond donors (Lipinski definition) is 3. The number of amides is 4. The van der Waals surface area contributed by atoms with E-state index in [0.29, 0.717) is 29.4 Å². The van der Waals surface area contributed by atoms with Crippen LogP contribution < -0.4 is 25.4 Å². The predicted octanol–water partition coefficient (Wildman–Crippen LogP) is 6.93. The normalized spacial score (nSPS) is 26.0. The number of benzene rings is 3. The first kappa shape index (κ1) is 29.9. The molecule has 4 aliphatic carbocycles. The standard InChI is InChI=1S/C36H37N5O5S/c1-41-30-16-28(9-10-29(30)38-32(41)20-45-26-7-5-21(6-8-26)14-31-33(42)39-35(44)47-31)46-27-4-2-3-25(15-27)37-34(43)40-36-17-22-11-23(18-36)13-24(12-22)19-36/h2-10,15-16,22-24,31H,11-14,17-20H2,1H3,(H2,37,40,43)(H,39,42,44). The minimum absolute atomic E-state index is 0.0434. The maximum Gasteiger partial charge on any atom is 0.319 e. The molecule has 5 aliphatic rings. The van der Waals surface area contributed by atoms with Crippen molar-refractivity contribution in [1.82, 2.24) is 20.2 Å². The van der Waals surface area contributed by atoms with Gasteiger partial charge in [-0.1, -0.05) is 30.0 Å². The minimum atomic E-state index is -0.397.